The summed E-state index contributed by atoms with van der Waals surface area (Å²) in [7, 11) is 0. The molecule has 0 saturated carbocycles. The van der Waals surface area contributed by atoms with Gasteiger partial charge in [-0.1, -0.05) is 76.1 Å². The molecule has 5 aromatic rings. The van der Waals surface area contributed by atoms with Crippen molar-refractivity contribution >= 4 is 44.4 Å². The van der Waals surface area contributed by atoms with Gasteiger partial charge in [0.05, 0.1) is 5.39 Å². The van der Waals surface area contributed by atoms with Crippen LogP contribution in [0.1, 0.15) is 5.56 Å². The molecule has 2 aromatic heterocycles. The summed E-state index contributed by atoms with van der Waals surface area (Å²) in [5, 5.41) is 5.18. The molecule has 152 valence electrons. The van der Waals surface area contributed by atoms with Crippen molar-refractivity contribution in [2.45, 2.75) is 6.54 Å². The average Bonchev–Trinajstić information content (AvgIpc) is 3.20. The first-order valence-electron chi connectivity index (χ1n) is 9.85. The summed E-state index contributed by atoms with van der Waals surface area (Å²) in [6.45, 7) is 0.573. The maximum absolute atomic E-state index is 6.35. The molecule has 1 N–H and O–H groups in total. The van der Waals surface area contributed by atoms with Crippen LogP contribution >= 0.6 is 27.5 Å². The number of rotatable bonds is 5. The van der Waals surface area contributed by atoms with Crippen molar-refractivity contribution in [2.24, 2.45) is 0 Å². The minimum Gasteiger partial charge on any atom is -0.365 e. The lowest BCUT2D eigenvalue weighted by Gasteiger charge is -2.10. The Morgan fingerprint density at radius 1 is 0.871 bits per heavy atom. The third-order valence-corrected chi connectivity index (χ3v) is 6.07. The average molecular weight is 490 g/mol. The number of fused-ring (bicyclic) bond motifs is 1. The number of halogens is 2. The van der Waals surface area contributed by atoms with Gasteiger partial charge in [-0.15, -0.1) is 0 Å². The molecule has 0 unspecified atom stereocenters. The van der Waals surface area contributed by atoms with E-state index >= 15 is 0 Å². The molecule has 0 amide bonds. The fourth-order valence-corrected chi connectivity index (χ4v) is 4.12. The van der Waals surface area contributed by atoms with E-state index in [-0.39, 0.29) is 0 Å². The summed E-state index contributed by atoms with van der Waals surface area (Å²) in [5.74, 6) is 0.777. The van der Waals surface area contributed by atoms with E-state index in [0.29, 0.717) is 6.54 Å². The number of nitrogens with one attached hydrogen (secondary N) is 1. The molecular weight excluding hydrogens is 472 g/mol. The fourth-order valence-electron chi connectivity index (χ4n) is 3.65. The zero-order chi connectivity index (χ0) is 21.2. The topological polar surface area (TPSA) is 42.7 Å². The first-order chi connectivity index (χ1) is 15.2. The number of aromatic nitrogens is 3. The van der Waals surface area contributed by atoms with E-state index in [0.717, 1.165) is 48.7 Å². The van der Waals surface area contributed by atoms with E-state index in [1.54, 1.807) is 6.33 Å². The molecule has 3 aromatic carbocycles. The van der Waals surface area contributed by atoms with Crippen molar-refractivity contribution in [3.8, 4) is 16.8 Å². The Morgan fingerprint density at radius 2 is 1.61 bits per heavy atom. The molecule has 0 bridgehead atoms. The maximum atomic E-state index is 6.35. The normalized spacial score (nSPS) is 11.0. The third-order valence-electron chi connectivity index (χ3n) is 5.18. The van der Waals surface area contributed by atoms with Gasteiger partial charge >= 0.3 is 0 Å². The van der Waals surface area contributed by atoms with Crippen molar-refractivity contribution in [1.29, 1.82) is 0 Å². The van der Waals surface area contributed by atoms with E-state index in [1.165, 1.54) is 0 Å². The van der Waals surface area contributed by atoms with Gasteiger partial charge in [-0.2, -0.15) is 0 Å². The molecular formula is C25H18BrClN4. The molecule has 0 spiro atoms. The van der Waals surface area contributed by atoms with Gasteiger partial charge in [0, 0.05) is 33.5 Å². The lowest BCUT2D eigenvalue weighted by molar-refractivity contribution is 1.06. The Kier molecular flexibility index (Phi) is 5.45. The first kappa shape index (κ1) is 19.8. The standard InChI is InChI=1S/C25H18BrClN4/c26-19-10-12-20(13-11-19)31-15-21(17-6-2-1-3-7-17)23-24(29-16-30-25(23)31)28-14-18-8-4-5-9-22(18)27/h1-13,15-16H,14H2,(H,28,29,30). The summed E-state index contributed by atoms with van der Waals surface area (Å²) in [6, 6.07) is 26.3. The van der Waals surface area contributed by atoms with E-state index in [9.17, 15) is 0 Å². The van der Waals surface area contributed by atoms with Gasteiger partial charge in [-0.3, -0.25) is 0 Å². The predicted molar refractivity (Wildman–Crippen MR) is 131 cm³/mol. The van der Waals surface area contributed by atoms with Crippen molar-refractivity contribution < 1.29 is 0 Å². The highest BCUT2D eigenvalue weighted by atomic mass is 79.9. The van der Waals surface area contributed by atoms with Crippen molar-refractivity contribution in [1.82, 2.24) is 14.5 Å². The van der Waals surface area contributed by atoms with E-state index < -0.39 is 0 Å². The number of nitrogens with zero attached hydrogens (tertiary/aromatic N) is 3. The lowest BCUT2D eigenvalue weighted by atomic mass is 10.1. The summed E-state index contributed by atoms with van der Waals surface area (Å²) in [4.78, 5) is 9.21. The van der Waals surface area contributed by atoms with Crippen LogP contribution in [0.25, 0.3) is 27.8 Å². The molecule has 0 aliphatic rings. The van der Waals surface area contributed by atoms with Crippen LogP contribution in [0, 0.1) is 0 Å². The molecule has 0 fully saturated rings. The molecule has 4 nitrogen and oxygen atoms in total. The molecule has 0 aliphatic carbocycles. The van der Waals surface area contributed by atoms with Crippen LogP contribution in [0.5, 0.6) is 0 Å². The predicted octanol–water partition coefficient (Wildman–Crippen LogP) is 7.12. The fraction of sp³-hybridized carbons (Fsp3) is 0.0400. The summed E-state index contributed by atoms with van der Waals surface area (Å²) >= 11 is 9.87. The first-order valence-corrected chi connectivity index (χ1v) is 11.0. The Bertz CT molecular complexity index is 1350. The molecule has 0 atom stereocenters. The monoisotopic (exact) mass is 488 g/mol. The Labute approximate surface area is 193 Å². The molecule has 31 heavy (non-hydrogen) atoms. The molecule has 2 heterocycles. The second kappa shape index (κ2) is 8.53. The lowest BCUT2D eigenvalue weighted by Crippen LogP contribution is -2.03. The van der Waals surface area contributed by atoms with Gasteiger partial charge in [-0.05, 0) is 41.5 Å². The van der Waals surface area contributed by atoms with Crippen LogP contribution in [0.4, 0.5) is 5.82 Å². The smallest absolute Gasteiger partial charge is 0.150 e. The molecule has 0 saturated heterocycles. The number of anilines is 1. The Balaban J connectivity index is 1.66. The third kappa shape index (κ3) is 3.94. The van der Waals surface area contributed by atoms with Crippen molar-refractivity contribution in [3.63, 3.8) is 0 Å². The van der Waals surface area contributed by atoms with Crippen LogP contribution < -0.4 is 5.32 Å². The van der Waals surface area contributed by atoms with Gasteiger partial charge in [0.1, 0.15) is 12.1 Å². The van der Waals surface area contributed by atoms with Crippen molar-refractivity contribution in [3.05, 3.63) is 106 Å². The second-order valence-electron chi connectivity index (χ2n) is 7.12. The Morgan fingerprint density at radius 3 is 2.39 bits per heavy atom. The van der Waals surface area contributed by atoms with E-state index in [1.807, 2.05) is 54.6 Å². The van der Waals surface area contributed by atoms with E-state index in [2.05, 4.69) is 66.2 Å². The van der Waals surface area contributed by atoms with Crippen LogP contribution in [0.2, 0.25) is 5.02 Å². The van der Waals surface area contributed by atoms with Crippen LogP contribution in [0.3, 0.4) is 0 Å². The van der Waals surface area contributed by atoms with Gasteiger partial charge in [-0.25, -0.2) is 9.97 Å². The van der Waals surface area contributed by atoms with Gasteiger partial charge in [0.25, 0.3) is 0 Å². The van der Waals surface area contributed by atoms with Crippen LogP contribution in [-0.4, -0.2) is 14.5 Å². The zero-order valence-electron chi connectivity index (χ0n) is 16.5. The van der Waals surface area contributed by atoms with Gasteiger partial charge < -0.3 is 9.88 Å². The van der Waals surface area contributed by atoms with Crippen molar-refractivity contribution in [2.75, 3.05) is 5.32 Å². The summed E-state index contributed by atoms with van der Waals surface area (Å²) in [5.41, 5.74) is 5.08. The van der Waals surface area contributed by atoms with Gasteiger partial charge in [0.2, 0.25) is 0 Å². The SMILES string of the molecule is Clc1ccccc1CNc1ncnc2c1c(-c1ccccc1)cn2-c1ccc(Br)cc1. The summed E-state index contributed by atoms with van der Waals surface area (Å²) < 4.78 is 3.14. The highest BCUT2D eigenvalue weighted by Gasteiger charge is 2.17. The quantitative estimate of drug-likeness (QED) is 0.286. The highest BCUT2D eigenvalue weighted by molar-refractivity contribution is 9.10. The van der Waals surface area contributed by atoms with Crippen LogP contribution in [0.15, 0.2) is 95.9 Å². The van der Waals surface area contributed by atoms with Crippen LogP contribution in [-0.2, 0) is 6.54 Å². The maximum Gasteiger partial charge on any atom is 0.150 e. The number of benzene rings is 3. The highest BCUT2D eigenvalue weighted by Crippen LogP contribution is 2.35. The molecule has 0 radical (unpaired) electrons. The largest absolute Gasteiger partial charge is 0.365 e. The number of hydrogen-bond acceptors (Lipinski definition) is 3. The Hall–Kier alpha value is -3.15. The minimum atomic E-state index is 0.573. The van der Waals surface area contributed by atoms with Gasteiger partial charge in [0.15, 0.2) is 5.65 Å². The summed E-state index contributed by atoms with van der Waals surface area (Å²) in [6.07, 6.45) is 3.72. The molecule has 6 heteroatoms. The number of hydrogen-bond donors (Lipinski definition) is 1. The zero-order valence-corrected chi connectivity index (χ0v) is 18.8. The molecule has 0 aliphatic heterocycles. The molecule has 5 rings (SSSR count). The van der Waals surface area contributed by atoms with E-state index in [4.69, 9.17) is 11.6 Å². The minimum absolute atomic E-state index is 0.573. The second-order valence-corrected chi connectivity index (χ2v) is 8.44.